The number of pyridine rings is 1. The normalized spacial score (nSPS) is 11.8. The smallest absolute Gasteiger partial charge is 0.293 e. The molecule has 0 radical (unpaired) electrons. The van der Waals surface area contributed by atoms with Gasteiger partial charge >= 0.3 is 6.18 Å². The van der Waals surface area contributed by atoms with E-state index in [1.807, 2.05) is 0 Å². The third kappa shape index (κ3) is 4.30. The topological polar surface area (TPSA) is 103 Å². The van der Waals surface area contributed by atoms with Crippen molar-refractivity contribution in [3.8, 4) is 0 Å². The highest BCUT2D eigenvalue weighted by Gasteiger charge is 2.33. The standard InChI is InChI=1S/C15H8F6N6O2/c16-6-3-22-14(23-4-6)25-9(28)5-27-13(29)7-1-2-8(15(19,20)21)24-10(7)11(26-27)12(17)18/h1-4,12H,5H2,(H,22,23,25,28). The monoisotopic (exact) mass is 418 g/mol. The van der Waals surface area contributed by atoms with E-state index in [0.29, 0.717) is 16.8 Å². The highest BCUT2D eigenvalue weighted by Crippen LogP contribution is 2.30. The maximum absolute atomic E-state index is 13.3. The Morgan fingerprint density at radius 2 is 1.83 bits per heavy atom. The van der Waals surface area contributed by atoms with Crippen molar-refractivity contribution in [2.24, 2.45) is 0 Å². The summed E-state index contributed by atoms with van der Waals surface area (Å²) in [5.74, 6) is -2.07. The lowest BCUT2D eigenvalue weighted by Gasteiger charge is -2.12. The molecule has 0 atom stereocenters. The van der Waals surface area contributed by atoms with E-state index in [1.54, 1.807) is 0 Å². The molecule has 0 saturated heterocycles. The van der Waals surface area contributed by atoms with Crippen LogP contribution in [0.4, 0.5) is 32.3 Å². The Hall–Kier alpha value is -3.58. The van der Waals surface area contributed by atoms with Crippen molar-refractivity contribution < 1.29 is 31.1 Å². The quantitative estimate of drug-likeness (QED) is 0.653. The largest absolute Gasteiger partial charge is 0.433 e. The maximum Gasteiger partial charge on any atom is 0.433 e. The number of rotatable bonds is 4. The van der Waals surface area contributed by atoms with Crippen LogP contribution in [0.1, 0.15) is 17.8 Å². The lowest BCUT2D eigenvalue weighted by Crippen LogP contribution is -2.31. The molecule has 14 heteroatoms. The van der Waals surface area contributed by atoms with Gasteiger partial charge < -0.3 is 0 Å². The lowest BCUT2D eigenvalue weighted by atomic mass is 10.2. The van der Waals surface area contributed by atoms with Crippen molar-refractivity contribution in [3.05, 3.63) is 52.1 Å². The van der Waals surface area contributed by atoms with Crippen LogP contribution in [0.25, 0.3) is 10.9 Å². The molecule has 152 valence electrons. The predicted octanol–water partition coefficient (Wildman–Crippen LogP) is 2.32. The van der Waals surface area contributed by atoms with Crippen LogP contribution in [0.5, 0.6) is 0 Å². The van der Waals surface area contributed by atoms with Crippen molar-refractivity contribution >= 4 is 22.8 Å². The second kappa shape index (κ2) is 7.44. The number of aromatic nitrogens is 5. The Bertz CT molecular complexity index is 1130. The van der Waals surface area contributed by atoms with Crippen LogP contribution < -0.4 is 10.9 Å². The molecule has 0 aliphatic rings. The van der Waals surface area contributed by atoms with Gasteiger partial charge in [0.15, 0.2) is 11.5 Å². The van der Waals surface area contributed by atoms with E-state index < -0.39 is 58.7 Å². The van der Waals surface area contributed by atoms with Gasteiger partial charge in [-0.15, -0.1) is 0 Å². The number of nitrogens with one attached hydrogen (secondary N) is 1. The van der Waals surface area contributed by atoms with Gasteiger partial charge in [-0.3, -0.25) is 14.9 Å². The van der Waals surface area contributed by atoms with Crippen LogP contribution in [0.2, 0.25) is 0 Å². The first-order valence-corrected chi connectivity index (χ1v) is 7.61. The molecular weight excluding hydrogens is 410 g/mol. The third-order valence-electron chi connectivity index (χ3n) is 3.49. The fourth-order valence-electron chi connectivity index (χ4n) is 2.28. The molecule has 1 N–H and O–H groups in total. The molecular formula is C15H8F6N6O2. The number of nitrogens with zero attached hydrogens (tertiary/aromatic N) is 5. The first-order chi connectivity index (χ1) is 13.6. The number of hydrogen-bond acceptors (Lipinski definition) is 6. The third-order valence-corrected chi connectivity index (χ3v) is 3.49. The van der Waals surface area contributed by atoms with Gasteiger partial charge in [0.1, 0.15) is 17.8 Å². The summed E-state index contributed by atoms with van der Waals surface area (Å²) in [6, 6.07) is 1.13. The zero-order chi connectivity index (χ0) is 21.3. The SMILES string of the molecule is O=C(Cn1nc(C(F)F)c2nc(C(F)(F)F)ccc2c1=O)Nc1ncc(F)cn1. The van der Waals surface area contributed by atoms with Gasteiger partial charge in [-0.2, -0.15) is 18.3 Å². The first kappa shape index (κ1) is 20.2. The van der Waals surface area contributed by atoms with Crippen LogP contribution in [0, 0.1) is 5.82 Å². The Morgan fingerprint density at radius 1 is 1.17 bits per heavy atom. The molecule has 3 aromatic rings. The highest BCUT2D eigenvalue weighted by molar-refractivity contribution is 5.89. The molecule has 0 saturated carbocycles. The number of carbonyl (C=O) groups excluding carboxylic acids is 1. The Labute approximate surface area is 156 Å². The summed E-state index contributed by atoms with van der Waals surface area (Å²) >= 11 is 0. The van der Waals surface area contributed by atoms with E-state index >= 15 is 0 Å². The van der Waals surface area contributed by atoms with Crippen LogP contribution in [0.3, 0.4) is 0 Å². The summed E-state index contributed by atoms with van der Waals surface area (Å²) in [5, 5.41) is 4.80. The molecule has 0 aromatic carbocycles. The van der Waals surface area contributed by atoms with Crippen molar-refractivity contribution in [2.75, 3.05) is 5.32 Å². The fourth-order valence-corrected chi connectivity index (χ4v) is 2.28. The van der Waals surface area contributed by atoms with E-state index in [-0.39, 0.29) is 5.95 Å². The van der Waals surface area contributed by atoms with Gasteiger partial charge in [-0.05, 0) is 12.1 Å². The van der Waals surface area contributed by atoms with Crippen LogP contribution in [0.15, 0.2) is 29.3 Å². The molecule has 0 aliphatic heterocycles. The average molecular weight is 418 g/mol. The number of amides is 1. The zero-order valence-corrected chi connectivity index (χ0v) is 13.9. The number of carbonyl (C=O) groups is 1. The predicted molar refractivity (Wildman–Crippen MR) is 84.4 cm³/mol. The van der Waals surface area contributed by atoms with Gasteiger partial charge in [-0.25, -0.2) is 32.8 Å². The van der Waals surface area contributed by atoms with Gasteiger partial charge in [0.25, 0.3) is 12.0 Å². The Morgan fingerprint density at radius 3 is 2.41 bits per heavy atom. The fraction of sp³-hybridized carbons (Fsp3) is 0.200. The molecule has 3 heterocycles. The molecule has 29 heavy (non-hydrogen) atoms. The number of hydrogen-bond donors (Lipinski definition) is 1. The molecule has 0 bridgehead atoms. The van der Waals surface area contributed by atoms with Crippen LogP contribution >= 0.6 is 0 Å². The van der Waals surface area contributed by atoms with E-state index in [0.717, 1.165) is 12.4 Å². The van der Waals surface area contributed by atoms with Gasteiger partial charge in [0.05, 0.1) is 17.8 Å². The van der Waals surface area contributed by atoms with Gasteiger partial charge in [-0.1, -0.05) is 0 Å². The number of halogens is 6. The van der Waals surface area contributed by atoms with Crippen molar-refractivity contribution in [1.82, 2.24) is 24.7 Å². The van der Waals surface area contributed by atoms with Crippen molar-refractivity contribution in [3.63, 3.8) is 0 Å². The summed E-state index contributed by atoms with van der Waals surface area (Å²) in [6.07, 6.45) is -6.79. The van der Waals surface area contributed by atoms with Gasteiger partial charge in [0.2, 0.25) is 11.9 Å². The molecule has 0 aliphatic carbocycles. The van der Waals surface area contributed by atoms with Crippen LogP contribution in [-0.2, 0) is 17.5 Å². The van der Waals surface area contributed by atoms with Crippen molar-refractivity contribution in [2.45, 2.75) is 19.1 Å². The first-order valence-electron chi connectivity index (χ1n) is 7.61. The summed E-state index contributed by atoms with van der Waals surface area (Å²) in [5.41, 5.74) is -4.70. The van der Waals surface area contributed by atoms with E-state index in [2.05, 4.69) is 25.4 Å². The Balaban J connectivity index is 2.00. The van der Waals surface area contributed by atoms with Crippen molar-refractivity contribution in [1.29, 1.82) is 0 Å². The van der Waals surface area contributed by atoms with E-state index in [1.165, 1.54) is 0 Å². The van der Waals surface area contributed by atoms with E-state index in [4.69, 9.17) is 0 Å². The summed E-state index contributed by atoms with van der Waals surface area (Å²) in [6.45, 7) is -0.879. The maximum atomic E-state index is 13.3. The minimum atomic E-state index is -4.92. The number of alkyl halides is 5. The second-order valence-corrected chi connectivity index (χ2v) is 5.51. The Kier molecular flexibility index (Phi) is 5.18. The molecule has 3 aromatic heterocycles. The zero-order valence-electron chi connectivity index (χ0n) is 13.9. The van der Waals surface area contributed by atoms with E-state index in [9.17, 15) is 35.9 Å². The molecule has 8 nitrogen and oxygen atoms in total. The number of anilines is 1. The number of fused-ring (bicyclic) bond motifs is 1. The molecule has 0 fully saturated rings. The highest BCUT2D eigenvalue weighted by atomic mass is 19.4. The lowest BCUT2D eigenvalue weighted by molar-refractivity contribution is -0.141. The summed E-state index contributed by atoms with van der Waals surface area (Å²) in [7, 11) is 0. The molecule has 1 amide bonds. The average Bonchev–Trinajstić information content (AvgIpc) is 2.64. The second-order valence-electron chi connectivity index (χ2n) is 5.51. The van der Waals surface area contributed by atoms with Crippen LogP contribution in [-0.4, -0.2) is 30.6 Å². The molecule has 0 spiro atoms. The minimum Gasteiger partial charge on any atom is -0.293 e. The molecule has 3 rings (SSSR count). The van der Waals surface area contributed by atoms with Gasteiger partial charge in [0, 0.05) is 0 Å². The summed E-state index contributed by atoms with van der Waals surface area (Å²) in [4.78, 5) is 34.3. The minimum absolute atomic E-state index is 0.323. The molecule has 0 unspecified atom stereocenters. The summed E-state index contributed by atoms with van der Waals surface area (Å²) < 4.78 is 78.1.